The minimum absolute atomic E-state index is 0. The number of phenolic OH excluding ortho intramolecular Hbond substituents is 3. The summed E-state index contributed by atoms with van der Waals surface area (Å²) in [7, 11) is 0. The maximum atomic E-state index is 9.68. The molecule has 0 saturated carbocycles. The van der Waals surface area contributed by atoms with Crippen molar-refractivity contribution in [3.05, 3.63) is 52.6 Å². The summed E-state index contributed by atoms with van der Waals surface area (Å²) >= 11 is 0. The van der Waals surface area contributed by atoms with E-state index < -0.39 is 0 Å². The second kappa shape index (κ2) is 9.31. The summed E-state index contributed by atoms with van der Waals surface area (Å²) < 4.78 is 0. The van der Waals surface area contributed by atoms with Gasteiger partial charge in [0, 0.05) is 94.2 Å². The fourth-order valence-electron chi connectivity index (χ4n) is 1.61. The summed E-state index contributed by atoms with van der Waals surface area (Å²) in [6.45, 7) is 3.54. The van der Waals surface area contributed by atoms with Gasteiger partial charge in [0.05, 0.1) is 5.56 Å². The molecule has 0 aromatic heterocycles. The van der Waals surface area contributed by atoms with Crippen molar-refractivity contribution in [2.75, 3.05) is 0 Å². The third-order valence-corrected chi connectivity index (χ3v) is 2.86. The predicted molar refractivity (Wildman–Crippen MR) is 73.3 cm³/mol. The van der Waals surface area contributed by atoms with E-state index in [0.717, 1.165) is 5.56 Å². The molecule has 2 aromatic carbocycles. The normalized spacial score (nSPS) is 8.86. The van der Waals surface area contributed by atoms with Gasteiger partial charge in [0.2, 0.25) is 0 Å². The summed E-state index contributed by atoms with van der Waals surface area (Å²) in [5, 5.41) is 28.7. The van der Waals surface area contributed by atoms with Crippen LogP contribution in [0, 0.1) is 108 Å². The van der Waals surface area contributed by atoms with Crippen LogP contribution in [0.1, 0.15) is 22.3 Å². The van der Waals surface area contributed by atoms with Gasteiger partial charge in [-0.15, -0.1) is 0 Å². The minimum Gasteiger partial charge on any atom is -0.508 e. The van der Waals surface area contributed by atoms with Gasteiger partial charge in [-0.3, -0.25) is 0 Å². The molecule has 102 valence electrons. The molecular formula is C16H14O3Pr2. The van der Waals surface area contributed by atoms with Crippen LogP contribution in [0.3, 0.4) is 0 Å². The van der Waals surface area contributed by atoms with Crippen molar-refractivity contribution in [1.82, 2.24) is 0 Å². The molecule has 0 heterocycles. The molecule has 0 bridgehead atoms. The van der Waals surface area contributed by atoms with Crippen molar-refractivity contribution in [3.8, 4) is 29.1 Å². The van der Waals surface area contributed by atoms with Gasteiger partial charge < -0.3 is 15.3 Å². The van der Waals surface area contributed by atoms with Gasteiger partial charge in [0.15, 0.2) is 0 Å². The largest absolute Gasteiger partial charge is 0.508 e. The maximum Gasteiger partial charge on any atom is 0.134 e. The smallest absolute Gasteiger partial charge is 0.134 e. The molecule has 0 amide bonds. The number of hydrogen-bond donors (Lipinski definition) is 3. The van der Waals surface area contributed by atoms with Gasteiger partial charge in [-0.1, -0.05) is 17.9 Å². The molecule has 0 fully saturated rings. The summed E-state index contributed by atoms with van der Waals surface area (Å²) in [6.07, 6.45) is 0. The molecular weight excluding hydrogens is 522 g/mol. The van der Waals surface area contributed by atoms with E-state index in [-0.39, 0.29) is 99.8 Å². The fourth-order valence-corrected chi connectivity index (χ4v) is 1.61. The zero-order valence-corrected chi connectivity index (χ0v) is 19.3. The van der Waals surface area contributed by atoms with Gasteiger partial charge >= 0.3 is 0 Å². The number of hydrogen-bond acceptors (Lipinski definition) is 3. The Balaban J connectivity index is 0.00000200. The van der Waals surface area contributed by atoms with Crippen LogP contribution >= 0.6 is 0 Å². The van der Waals surface area contributed by atoms with Crippen LogP contribution in [-0.4, -0.2) is 15.3 Å². The van der Waals surface area contributed by atoms with Crippen LogP contribution in [0.5, 0.6) is 17.2 Å². The van der Waals surface area contributed by atoms with Gasteiger partial charge in [-0.25, -0.2) is 0 Å². The first kappa shape index (κ1) is 21.1. The Morgan fingerprint density at radius 3 is 1.95 bits per heavy atom. The second-order valence-corrected chi connectivity index (χ2v) is 4.41. The number of aryl methyl sites for hydroxylation is 2. The molecule has 0 saturated heterocycles. The number of phenols is 3. The molecule has 0 aliphatic heterocycles. The molecule has 0 spiro atoms. The summed E-state index contributed by atoms with van der Waals surface area (Å²) in [4.78, 5) is 0. The van der Waals surface area contributed by atoms with Gasteiger partial charge in [0.25, 0.3) is 0 Å². The fraction of sp³-hybridized carbons (Fsp3) is 0.125. The van der Waals surface area contributed by atoms with E-state index >= 15 is 0 Å². The van der Waals surface area contributed by atoms with Crippen molar-refractivity contribution in [2.45, 2.75) is 13.8 Å². The standard InChI is InChI=1S/C16H14O3.2Pr/c1-10-3-4-12(8-14(10)17)5-6-13-7-11(2)15(18)9-16(13)19;;/h3-4,7-9,17-19H,1-2H3;;. The van der Waals surface area contributed by atoms with E-state index in [2.05, 4.69) is 11.8 Å². The van der Waals surface area contributed by atoms with Crippen molar-refractivity contribution in [1.29, 1.82) is 0 Å². The quantitative estimate of drug-likeness (QED) is 0.455. The predicted octanol–water partition coefficient (Wildman–Crippen LogP) is 2.82. The van der Waals surface area contributed by atoms with E-state index in [1.807, 2.05) is 6.92 Å². The topological polar surface area (TPSA) is 60.7 Å². The van der Waals surface area contributed by atoms with E-state index in [4.69, 9.17) is 0 Å². The van der Waals surface area contributed by atoms with Crippen LogP contribution in [-0.2, 0) is 0 Å². The Morgan fingerprint density at radius 2 is 1.33 bits per heavy atom. The number of rotatable bonds is 0. The zero-order valence-electron chi connectivity index (χ0n) is 11.9. The van der Waals surface area contributed by atoms with E-state index in [1.165, 1.54) is 6.07 Å². The SMILES string of the molecule is Cc1ccc(C#Cc2cc(C)c(O)cc2O)cc1O.[Pr].[Pr]. The molecule has 2 radical (unpaired) electrons. The first-order chi connectivity index (χ1) is 8.97. The molecule has 0 atom stereocenters. The third-order valence-electron chi connectivity index (χ3n) is 2.86. The van der Waals surface area contributed by atoms with Crippen molar-refractivity contribution < 1.29 is 97.9 Å². The Kier molecular flexibility index (Phi) is 9.36. The maximum absolute atomic E-state index is 9.68. The van der Waals surface area contributed by atoms with E-state index in [9.17, 15) is 15.3 Å². The molecule has 0 unspecified atom stereocenters. The van der Waals surface area contributed by atoms with Crippen molar-refractivity contribution in [3.63, 3.8) is 0 Å². The van der Waals surface area contributed by atoms with Crippen LogP contribution in [0.2, 0.25) is 0 Å². The third kappa shape index (κ3) is 5.68. The minimum atomic E-state index is -0.0630. The second-order valence-electron chi connectivity index (χ2n) is 4.41. The summed E-state index contributed by atoms with van der Waals surface area (Å²) in [6, 6.07) is 8.04. The van der Waals surface area contributed by atoms with Crippen molar-refractivity contribution >= 4 is 0 Å². The molecule has 5 heteroatoms. The van der Waals surface area contributed by atoms with Crippen LogP contribution < -0.4 is 0 Å². The van der Waals surface area contributed by atoms with Gasteiger partial charge in [-0.05, 0) is 43.2 Å². The molecule has 2 rings (SSSR count). The Labute approximate surface area is 190 Å². The molecule has 2 aromatic rings. The number of aromatic hydroxyl groups is 3. The zero-order chi connectivity index (χ0) is 14.0. The first-order valence-electron chi connectivity index (χ1n) is 5.81. The van der Waals surface area contributed by atoms with E-state index in [0.29, 0.717) is 16.7 Å². The summed E-state index contributed by atoms with van der Waals surface area (Å²) in [5.41, 5.74) is 2.53. The van der Waals surface area contributed by atoms with Crippen LogP contribution in [0.25, 0.3) is 0 Å². The van der Waals surface area contributed by atoms with E-state index in [1.54, 1.807) is 31.2 Å². The number of benzene rings is 2. The molecule has 3 nitrogen and oxygen atoms in total. The Bertz CT molecular complexity index is 701. The average Bonchev–Trinajstić information content (AvgIpc) is 2.36. The molecule has 21 heavy (non-hydrogen) atoms. The molecule has 0 aliphatic carbocycles. The van der Waals surface area contributed by atoms with Crippen LogP contribution in [0.15, 0.2) is 30.3 Å². The average molecular weight is 536 g/mol. The van der Waals surface area contributed by atoms with Gasteiger partial charge in [0.1, 0.15) is 17.2 Å². The summed E-state index contributed by atoms with van der Waals surface area (Å²) in [5.74, 6) is 5.85. The molecule has 3 N–H and O–H groups in total. The van der Waals surface area contributed by atoms with Crippen LogP contribution in [0.4, 0.5) is 0 Å². The van der Waals surface area contributed by atoms with Gasteiger partial charge in [-0.2, -0.15) is 0 Å². The van der Waals surface area contributed by atoms with Crippen molar-refractivity contribution in [2.24, 2.45) is 0 Å². The first-order valence-corrected chi connectivity index (χ1v) is 5.81. The molecule has 0 aliphatic rings. The Morgan fingerprint density at radius 1 is 0.714 bits per heavy atom. The monoisotopic (exact) mass is 536 g/mol. The Hall–Kier alpha value is 0.127.